The molecular formula is C23H26ClN3O2S. The molecule has 0 saturated carbocycles. The molecule has 0 radical (unpaired) electrons. The fourth-order valence-corrected chi connectivity index (χ4v) is 4.76. The highest BCUT2D eigenvalue weighted by Gasteiger charge is 2.41. The van der Waals surface area contributed by atoms with Gasteiger partial charge in [-0.2, -0.15) is 0 Å². The Bertz CT molecular complexity index is 965. The predicted molar refractivity (Wildman–Crippen MR) is 122 cm³/mol. The van der Waals surface area contributed by atoms with E-state index in [0.29, 0.717) is 13.2 Å². The monoisotopic (exact) mass is 443 g/mol. The highest BCUT2D eigenvalue weighted by atomic mass is 35.5. The average Bonchev–Trinajstić information content (AvgIpc) is 3.38. The number of halogens is 1. The van der Waals surface area contributed by atoms with Crippen LogP contribution in [0.2, 0.25) is 5.02 Å². The number of imidazole rings is 1. The minimum atomic E-state index is -0.665. The van der Waals surface area contributed by atoms with E-state index < -0.39 is 5.79 Å². The maximum absolute atomic E-state index is 6.51. The standard InChI is InChI=1S/C23H26ClN3O2S/c1-17-12-20(25)6-7-22(17)30-14-21-13-28-23(29-21,15-27-11-10-26-16-27)9-8-18-2-4-19(24)5-3-18/h2-7,10-12,16,21H,8-9,13-15,25H2,1H3/t21-,23-/m0/s1. The van der Waals surface area contributed by atoms with E-state index in [0.717, 1.165) is 29.3 Å². The average molecular weight is 444 g/mol. The number of anilines is 1. The van der Waals surface area contributed by atoms with Gasteiger partial charge in [-0.3, -0.25) is 0 Å². The summed E-state index contributed by atoms with van der Waals surface area (Å²) in [4.78, 5) is 5.38. The van der Waals surface area contributed by atoms with Crippen LogP contribution in [0.4, 0.5) is 5.69 Å². The molecule has 0 aliphatic carbocycles. The molecule has 1 aliphatic heterocycles. The summed E-state index contributed by atoms with van der Waals surface area (Å²) in [5, 5.41) is 0.746. The van der Waals surface area contributed by atoms with Crippen molar-refractivity contribution in [1.82, 2.24) is 9.55 Å². The molecule has 1 fully saturated rings. The number of nitrogen functional groups attached to an aromatic ring is 1. The molecule has 2 aromatic carbocycles. The number of nitrogens with zero attached hydrogens (tertiary/aromatic N) is 2. The Hall–Kier alpha value is -1.99. The van der Waals surface area contributed by atoms with Gasteiger partial charge in [-0.25, -0.2) is 4.98 Å². The lowest BCUT2D eigenvalue weighted by atomic mass is 10.0. The van der Waals surface area contributed by atoms with E-state index in [1.54, 1.807) is 24.3 Å². The topological polar surface area (TPSA) is 62.3 Å². The number of hydrogen-bond donors (Lipinski definition) is 1. The molecule has 1 aromatic heterocycles. The van der Waals surface area contributed by atoms with Crippen molar-refractivity contribution >= 4 is 29.1 Å². The molecule has 2 atom stereocenters. The molecule has 7 heteroatoms. The first-order valence-corrected chi connectivity index (χ1v) is 11.4. The van der Waals surface area contributed by atoms with Gasteiger partial charge in [-0.15, -0.1) is 11.8 Å². The van der Waals surface area contributed by atoms with Crippen molar-refractivity contribution < 1.29 is 9.47 Å². The van der Waals surface area contributed by atoms with Gasteiger partial charge in [0.05, 0.1) is 25.6 Å². The zero-order valence-corrected chi connectivity index (χ0v) is 18.5. The Morgan fingerprint density at radius 1 is 1.27 bits per heavy atom. The number of aryl methyl sites for hydroxylation is 2. The van der Waals surface area contributed by atoms with Crippen molar-refractivity contribution in [1.29, 1.82) is 0 Å². The van der Waals surface area contributed by atoms with Gasteiger partial charge in [0.1, 0.15) is 0 Å². The normalized spacial score (nSPS) is 21.2. The minimum absolute atomic E-state index is 0.0284. The molecule has 0 spiro atoms. The number of rotatable bonds is 8. The molecular weight excluding hydrogens is 418 g/mol. The second-order valence-corrected chi connectivity index (χ2v) is 9.16. The molecule has 0 bridgehead atoms. The highest BCUT2D eigenvalue weighted by Crippen LogP contribution is 2.34. The summed E-state index contributed by atoms with van der Waals surface area (Å²) in [6, 6.07) is 14.0. The van der Waals surface area contributed by atoms with E-state index in [1.165, 1.54) is 16.0 Å². The number of aromatic nitrogens is 2. The molecule has 0 amide bonds. The SMILES string of the molecule is Cc1cc(N)ccc1SC[C@@H]1CO[C@](CCc2ccc(Cl)cc2)(Cn2ccnc2)O1. The first-order chi connectivity index (χ1) is 14.5. The Labute approximate surface area is 186 Å². The molecule has 1 saturated heterocycles. The van der Waals surface area contributed by atoms with Crippen LogP contribution < -0.4 is 5.73 Å². The largest absolute Gasteiger partial charge is 0.399 e. The van der Waals surface area contributed by atoms with Crippen molar-refractivity contribution in [3.63, 3.8) is 0 Å². The van der Waals surface area contributed by atoms with E-state index in [4.69, 9.17) is 26.8 Å². The van der Waals surface area contributed by atoms with Gasteiger partial charge in [0.15, 0.2) is 5.79 Å². The summed E-state index contributed by atoms with van der Waals surface area (Å²) in [7, 11) is 0. The Morgan fingerprint density at radius 3 is 2.83 bits per heavy atom. The number of benzene rings is 2. The van der Waals surface area contributed by atoms with Crippen LogP contribution in [0, 0.1) is 6.92 Å². The first kappa shape index (κ1) is 21.2. The number of ether oxygens (including phenoxy) is 2. The molecule has 0 unspecified atom stereocenters. The van der Waals surface area contributed by atoms with E-state index in [1.807, 2.05) is 35.0 Å². The van der Waals surface area contributed by atoms with E-state index >= 15 is 0 Å². The van der Waals surface area contributed by atoms with Crippen LogP contribution in [0.15, 0.2) is 66.1 Å². The third-order valence-corrected chi connectivity index (χ3v) is 6.79. The van der Waals surface area contributed by atoms with Crippen molar-refractivity contribution in [2.75, 3.05) is 18.1 Å². The first-order valence-electron chi connectivity index (χ1n) is 10.0. The highest BCUT2D eigenvalue weighted by molar-refractivity contribution is 7.99. The van der Waals surface area contributed by atoms with Gasteiger partial charge in [0, 0.05) is 40.2 Å². The molecule has 1 aliphatic rings. The summed E-state index contributed by atoms with van der Waals surface area (Å²) in [5.74, 6) is 0.166. The Kier molecular flexibility index (Phi) is 6.68. The fraction of sp³-hybridized carbons (Fsp3) is 0.348. The lowest BCUT2D eigenvalue weighted by Crippen LogP contribution is -2.37. The fourth-order valence-electron chi connectivity index (χ4n) is 3.65. The maximum Gasteiger partial charge on any atom is 0.187 e. The zero-order valence-electron chi connectivity index (χ0n) is 17.0. The van der Waals surface area contributed by atoms with Crippen LogP contribution >= 0.6 is 23.4 Å². The van der Waals surface area contributed by atoms with Crippen molar-refractivity contribution in [2.24, 2.45) is 0 Å². The van der Waals surface area contributed by atoms with Gasteiger partial charge >= 0.3 is 0 Å². The van der Waals surface area contributed by atoms with Gasteiger partial charge in [-0.1, -0.05) is 23.7 Å². The second-order valence-electron chi connectivity index (χ2n) is 7.66. The Morgan fingerprint density at radius 2 is 2.10 bits per heavy atom. The lowest BCUT2D eigenvalue weighted by molar-refractivity contribution is -0.180. The Balaban J connectivity index is 1.41. The lowest BCUT2D eigenvalue weighted by Gasteiger charge is -2.28. The van der Waals surface area contributed by atoms with Crippen molar-refractivity contribution in [3.8, 4) is 0 Å². The van der Waals surface area contributed by atoms with Crippen molar-refractivity contribution in [2.45, 2.75) is 43.1 Å². The quantitative estimate of drug-likeness (QED) is 0.393. The molecule has 3 aromatic rings. The molecule has 2 N–H and O–H groups in total. The zero-order chi connectivity index (χ0) is 21.0. The number of hydrogen-bond acceptors (Lipinski definition) is 5. The van der Waals surface area contributed by atoms with Crippen LogP contribution in [0.25, 0.3) is 0 Å². The van der Waals surface area contributed by atoms with Gasteiger partial charge < -0.3 is 19.8 Å². The third kappa shape index (κ3) is 5.38. The third-order valence-electron chi connectivity index (χ3n) is 5.23. The summed E-state index contributed by atoms with van der Waals surface area (Å²) in [6.07, 6.45) is 7.16. The van der Waals surface area contributed by atoms with Crippen LogP contribution in [0.1, 0.15) is 17.5 Å². The van der Waals surface area contributed by atoms with E-state index in [-0.39, 0.29) is 6.10 Å². The summed E-state index contributed by atoms with van der Waals surface area (Å²) >= 11 is 7.80. The smallest absolute Gasteiger partial charge is 0.187 e. The molecule has 5 nitrogen and oxygen atoms in total. The van der Waals surface area contributed by atoms with Crippen LogP contribution in [-0.2, 0) is 22.4 Å². The van der Waals surface area contributed by atoms with Crippen molar-refractivity contribution in [3.05, 3.63) is 77.3 Å². The van der Waals surface area contributed by atoms with Gasteiger partial charge in [0.2, 0.25) is 0 Å². The summed E-state index contributed by atoms with van der Waals surface area (Å²) < 4.78 is 14.8. The minimum Gasteiger partial charge on any atom is -0.399 e. The number of nitrogens with two attached hydrogens (primary N) is 1. The van der Waals surface area contributed by atoms with Crippen LogP contribution in [0.5, 0.6) is 0 Å². The van der Waals surface area contributed by atoms with Crippen LogP contribution in [-0.4, -0.2) is 33.8 Å². The molecule has 4 rings (SSSR count). The van der Waals surface area contributed by atoms with Gasteiger partial charge in [-0.05, 0) is 54.8 Å². The summed E-state index contributed by atoms with van der Waals surface area (Å²) in [5.41, 5.74) is 9.06. The maximum atomic E-state index is 6.51. The second kappa shape index (κ2) is 9.43. The molecule has 158 valence electrons. The van der Waals surface area contributed by atoms with E-state index in [2.05, 4.69) is 30.1 Å². The predicted octanol–water partition coefficient (Wildman–Crippen LogP) is 4.96. The number of thioether (sulfide) groups is 1. The van der Waals surface area contributed by atoms with E-state index in [9.17, 15) is 0 Å². The molecule has 30 heavy (non-hydrogen) atoms. The van der Waals surface area contributed by atoms with Gasteiger partial charge in [0.25, 0.3) is 0 Å². The molecule has 2 heterocycles. The summed E-state index contributed by atoms with van der Waals surface area (Å²) in [6.45, 7) is 3.28. The van der Waals surface area contributed by atoms with Crippen LogP contribution in [0.3, 0.4) is 0 Å².